The van der Waals surface area contributed by atoms with Crippen LogP contribution in [0.15, 0.2) is 59.9 Å². The highest BCUT2D eigenvalue weighted by Gasteiger charge is 2.36. The average Bonchev–Trinajstić information content (AvgIpc) is 2.76. The lowest BCUT2D eigenvalue weighted by Gasteiger charge is -2.32. The number of carboxylic acids is 1. The first-order valence-corrected chi connectivity index (χ1v) is 9.96. The van der Waals surface area contributed by atoms with Gasteiger partial charge in [0.15, 0.2) is 0 Å². The van der Waals surface area contributed by atoms with Crippen molar-refractivity contribution in [2.45, 2.75) is 19.6 Å². The molecule has 1 aliphatic rings. The van der Waals surface area contributed by atoms with E-state index < -0.39 is 53.3 Å². The fourth-order valence-corrected chi connectivity index (χ4v) is 3.48. The Morgan fingerprint density at radius 1 is 1.06 bits per heavy atom. The third kappa shape index (κ3) is 5.51. The molecule has 2 aromatic carbocycles. The van der Waals surface area contributed by atoms with Gasteiger partial charge in [0, 0.05) is 19.0 Å². The first-order valence-electron chi connectivity index (χ1n) is 9.96. The molecule has 0 saturated carbocycles. The molecule has 3 rings (SSSR count). The molecule has 1 heterocycles. The summed E-state index contributed by atoms with van der Waals surface area (Å²) in [5.41, 5.74) is 0.772. The summed E-state index contributed by atoms with van der Waals surface area (Å²) in [6.07, 6.45) is -4.41. The number of carboxylic acid groups (broad SMARTS) is 1. The summed E-state index contributed by atoms with van der Waals surface area (Å²) in [4.78, 5) is 37.1. The number of aliphatic hydroxyl groups excluding tert-OH is 1. The molecule has 2 aromatic rings. The van der Waals surface area contributed by atoms with Gasteiger partial charge in [-0.25, -0.2) is 0 Å². The smallest absolute Gasteiger partial charge is 0.416 e. The van der Waals surface area contributed by atoms with Crippen LogP contribution >= 0.6 is 0 Å². The molecule has 2 amide bonds. The highest BCUT2D eigenvalue weighted by Crippen LogP contribution is 2.31. The molecule has 10 heteroatoms. The van der Waals surface area contributed by atoms with Crippen LogP contribution in [-0.4, -0.2) is 46.0 Å². The van der Waals surface area contributed by atoms with Crippen molar-refractivity contribution in [2.24, 2.45) is 5.92 Å². The van der Waals surface area contributed by atoms with Crippen LogP contribution in [0.25, 0.3) is 11.1 Å². The molecule has 0 spiro atoms. The number of hydrogen-bond donors (Lipinski definition) is 3. The van der Waals surface area contributed by atoms with Crippen molar-refractivity contribution in [1.82, 2.24) is 10.2 Å². The maximum atomic E-state index is 12.8. The van der Waals surface area contributed by atoms with Crippen molar-refractivity contribution < 1.29 is 37.8 Å². The number of alkyl halides is 3. The molecule has 0 aromatic heterocycles. The second kappa shape index (κ2) is 9.35. The number of amides is 2. The van der Waals surface area contributed by atoms with E-state index in [1.165, 1.54) is 17.0 Å². The zero-order valence-corrected chi connectivity index (χ0v) is 17.5. The number of benzene rings is 2. The van der Waals surface area contributed by atoms with Gasteiger partial charge in [-0.3, -0.25) is 14.4 Å². The minimum Gasteiger partial charge on any atom is -0.511 e. The number of halogens is 3. The minimum absolute atomic E-state index is 0.124. The Labute approximate surface area is 187 Å². The number of aliphatic hydroxyl groups is 1. The lowest BCUT2D eigenvalue weighted by atomic mass is 9.96. The molecule has 3 N–H and O–H groups in total. The first kappa shape index (κ1) is 23.8. The van der Waals surface area contributed by atoms with Crippen molar-refractivity contribution in [2.75, 3.05) is 13.1 Å². The Bertz CT molecular complexity index is 1090. The van der Waals surface area contributed by atoms with Gasteiger partial charge in [-0.1, -0.05) is 43.3 Å². The van der Waals surface area contributed by atoms with Gasteiger partial charge < -0.3 is 20.4 Å². The predicted molar refractivity (Wildman–Crippen MR) is 112 cm³/mol. The maximum absolute atomic E-state index is 12.8. The molecule has 0 bridgehead atoms. The van der Waals surface area contributed by atoms with Gasteiger partial charge in [0.05, 0.1) is 5.56 Å². The van der Waals surface area contributed by atoms with E-state index in [-0.39, 0.29) is 13.1 Å². The van der Waals surface area contributed by atoms with Crippen molar-refractivity contribution in [1.29, 1.82) is 0 Å². The molecule has 174 valence electrons. The minimum atomic E-state index is -4.41. The van der Waals surface area contributed by atoms with E-state index in [1.807, 2.05) is 0 Å². The molecule has 0 aliphatic carbocycles. The fraction of sp³-hybridized carbons (Fsp3) is 0.261. The van der Waals surface area contributed by atoms with Crippen LogP contribution < -0.4 is 5.32 Å². The molecule has 1 unspecified atom stereocenters. The van der Waals surface area contributed by atoms with E-state index in [2.05, 4.69) is 5.32 Å². The number of hydrogen-bond acceptors (Lipinski definition) is 4. The van der Waals surface area contributed by atoms with Crippen molar-refractivity contribution >= 4 is 17.8 Å². The normalized spacial score (nSPS) is 16.7. The van der Waals surface area contributed by atoms with Crippen molar-refractivity contribution in [3.05, 3.63) is 71.0 Å². The van der Waals surface area contributed by atoms with Crippen molar-refractivity contribution in [3.63, 3.8) is 0 Å². The highest BCUT2D eigenvalue weighted by atomic mass is 19.4. The van der Waals surface area contributed by atoms with Crippen LogP contribution in [0.2, 0.25) is 0 Å². The van der Waals surface area contributed by atoms with Crippen LogP contribution in [0.5, 0.6) is 0 Å². The summed E-state index contributed by atoms with van der Waals surface area (Å²) >= 11 is 0. The van der Waals surface area contributed by atoms with E-state index >= 15 is 0 Å². The van der Waals surface area contributed by atoms with Crippen LogP contribution in [0.1, 0.15) is 18.1 Å². The summed E-state index contributed by atoms with van der Waals surface area (Å²) in [5, 5.41) is 21.0. The summed E-state index contributed by atoms with van der Waals surface area (Å²) < 4.78 is 38.2. The second-order valence-corrected chi connectivity index (χ2v) is 7.70. The Morgan fingerprint density at radius 3 is 2.12 bits per heavy atom. The van der Waals surface area contributed by atoms with Crippen LogP contribution in [0.4, 0.5) is 13.2 Å². The summed E-state index contributed by atoms with van der Waals surface area (Å²) in [6.45, 7) is 1.22. The summed E-state index contributed by atoms with van der Waals surface area (Å²) in [7, 11) is 0. The number of nitrogens with one attached hydrogen (secondary N) is 1. The Balaban J connectivity index is 1.73. The molecule has 0 fully saturated rings. The summed E-state index contributed by atoms with van der Waals surface area (Å²) in [6, 6.07) is 11.6. The van der Waals surface area contributed by atoms with Crippen LogP contribution in [0.3, 0.4) is 0 Å². The zero-order valence-electron chi connectivity index (χ0n) is 17.5. The third-order valence-electron chi connectivity index (χ3n) is 5.22. The van der Waals surface area contributed by atoms with Gasteiger partial charge in [-0.15, -0.1) is 0 Å². The fourth-order valence-electron chi connectivity index (χ4n) is 3.48. The first-order chi connectivity index (χ1) is 15.5. The largest absolute Gasteiger partial charge is 0.511 e. The lowest BCUT2D eigenvalue weighted by Crippen LogP contribution is -2.45. The zero-order chi connectivity index (χ0) is 24.3. The molecule has 0 radical (unpaired) electrons. The quantitative estimate of drug-likeness (QED) is 0.571. The van der Waals surface area contributed by atoms with Gasteiger partial charge in [0.1, 0.15) is 17.9 Å². The van der Waals surface area contributed by atoms with E-state index in [1.54, 1.807) is 31.2 Å². The van der Waals surface area contributed by atoms with Gasteiger partial charge in [0.2, 0.25) is 0 Å². The Morgan fingerprint density at radius 2 is 1.61 bits per heavy atom. The van der Waals surface area contributed by atoms with Gasteiger partial charge >= 0.3 is 12.1 Å². The highest BCUT2D eigenvalue weighted by molar-refractivity contribution is 6.19. The number of aliphatic carboxylic acids is 1. The lowest BCUT2D eigenvalue weighted by molar-refractivity contribution is -0.139. The van der Waals surface area contributed by atoms with Gasteiger partial charge in [0.25, 0.3) is 11.8 Å². The predicted octanol–water partition coefficient (Wildman–Crippen LogP) is 3.36. The van der Waals surface area contributed by atoms with Gasteiger partial charge in [-0.2, -0.15) is 13.2 Å². The molecular weight excluding hydrogens is 441 g/mol. The maximum Gasteiger partial charge on any atom is 0.416 e. The number of nitrogens with zero attached hydrogens (tertiary/aromatic N) is 1. The van der Waals surface area contributed by atoms with E-state index in [4.69, 9.17) is 5.11 Å². The molecular formula is C23H21F3N2O5. The SMILES string of the molecule is CC1CN(Cc2ccc(-c3ccc(C(F)(F)F)cc3)cc2)C(=O)C(C(=O)NCC(=O)O)=C1O. The molecule has 1 atom stereocenters. The molecule has 7 nitrogen and oxygen atoms in total. The van der Waals surface area contributed by atoms with Crippen LogP contribution in [-0.2, 0) is 27.1 Å². The number of rotatable bonds is 6. The average molecular weight is 462 g/mol. The Hall–Kier alpha value is -3.82. The van der Waals surface area contributed by atoms with Gasteiger partial charge in [-0.05, 0) is 28.8 Å². The van der Waals surface area contributed by atoms with Crippen molar-refractivity contribution in [3.8, 4) is 11.1 Å². The van der Waals surface area contributed by atoms with E-state index in [0.29, 0.717) is 16.7 Å². The molecule has 0 saturated heterocycles. The second-order valence-electron chi connectivity index (χ2n) is 7.70. The number of carbonyl (C=O) groups is 3. The number of carbonyl (C=O) groups excluding carboxylic acids is 2. The Kier molecular flexibility index (Phi) is 6.75. The third-order valence-corrected chi connectivity index (χ3v) is 5.22. The summed E-state index contributed by atoms with van der Waals surface area (Å²) in [5.74, 6) is -3.89. The molecule has 33 heavy (non-hydrogen) atoms. The van der Waals surface area contributed by atoms with E-state index in [0.717, 1.165) is 12.1 Å². The standard InChI is InChI=1S/C23H21F3N2O5/c1-13-11-28(22(33)19(20(13)31)21(32)27-10-18(29)30)12-14-2-4-15(5-3-14)16-6-8-17(9-7-16)23(24,25)26/h2-9,13,31H,10-12H2,1H3,(H,27,32)(H,29,30). The monoisotopic (exact) mass is 462 g/mol. The topological polar surface area (TPSA) is 107 Å². The molecule has 1 aliphatic heterocycles. The van der Waals surface area contributed by atoms with E-state index in [9.17, 15) is 32.7 Å². The van der Waals surface area contributed by atoms with Crippen LogP contribution in [0, 0.1) is 5.92 Å².